The van der Waals surface area contributed by atoms with Crippen LogP contribution in [-0.2, 0) is 23.1 Å². The minimum atomic E-state index is -3.03. The Bertz CT molecular complexity index is 520. The van der Waals surface area contributed by atoms with Gasteiger partial charge in [0.05, 0.1) is 6.26 Å². The lowest BCUT2D eigenvalue weighted by molar-refractivity contribution is 0.182. The number of piperazine rings is 1. The summed E-state index contributed by atoms with van der Waals surface area (Å²) in [5.41, 5.74) is 2.55. The average molecular weight is 297 g/mol. The fourth-order valence-electron chi connectivity index (χ4n) is 2.44. The van der Waals surface area contributed by atoms with E-state index in [4.69, 9.17) is 0 Å². The van der Waals surface area contributed by atoms with E-state index in [2.05, 4.69) is 34.5 Å². The second kappa shape index (κ2) is 6.67. The summed E-state index contributed by atoms with van der Waals surface area (Å²) >= 11 is 0. The van der Waals surface area contributed by atoms with Crippen LogP contribution in [0.5, 0.6) is 0 Å². The van der Waals surface area contributed by atoms with Crippen LogP contribution in [0.4, 0.5) is 0 Å². The first kappa shape index (κ1) is 15.4. The van der Waals surface area contributed by atoms with E-state index in [0.29, 0.717) is 13.1 Å². The summed E-state index contributed by atoms with van der Waals surface area (Å²) in [6.07, 6.45) is 1.28. The van der Waals surface area contributed by atoms with Gasteiger partial charge in [-0.05, 0) is 18.2 Å². The quantitative estimate of drug-likeness (QED) is 0.859. The van der Waals surface area contributed by atoms with Gasteiger partial charge in [-0.3, -0.25) is 4.90 Å². The zero-order valence-corrected chi connectivity index (χ0v) is 13.0. The molecule has 1 aromatic carbocycles. The van der Waals surface area contributed by atoms with Gasteiger partial charge in [-0.25, -0.2) is 8.42 Å². The maximum absolute atomic E-state index is 11.5. The van der Waals surface area contributed by atoms with Crippen molar-refractivity contribution in [3.63, 3.8) is 0 Å². The summed E-state index contributed by atoms with van der Waals surface area (Å²) in [6.45, 7) is 4.55. The highest BCUT2D eigenvalue weighted by molar-refractivity contribution is 7.88. The molecule has 0 saturated carbocycles. The molecular formula is C14H23N3O2S. The fourth-order valence-corrected chi connectivity index (χ4v) is 3.27. The molecule has 0 aromatic heterocycles. The second-order valence-corrected chi connectivity index (χ2v) is 7.27. The molecule has 1 heterocycles. The van der Waals surface area contributed by atoms with Gasteiger partial charge in [-0.1, -0.05) is 24.3 Å². The van der Waals surface area contributed by atoms with E-state index < -0.39 is 10.0 Å². The van der Waals surface area contributed by atoms with Crippen LogP contribution in [0.2, 0.25) is 0 Å². The van der Waals surface area contributed by atoms with Crippen molar-refractivity contribution in [3.8, 4) is 0 Å². The minimum Gasteiger partial charge on any atom is -0.316 e. The Morgan fingerprint density at radius 1 is 1.05 bits per heavy atom. The van der Waals surface area contributed by atoms with E-state index in [0.717, 1.165) is 26.2 Å². The molecule has 20 heavy (non-hydrogen) atoms. The van der Waals surface area contributed by atoms with Crippen LogP contribution in [0.25, 0.3) is 0 Å². The molecule has 0 unspecified atom stereocenters. The van der Waals surface area contributed by atoms with Crippen molar-refractivity contribution in [2.24, 2.45) is 0 Å². The zero-order chi connectivity index (χ0) is 14.6. The van der Waals surface area contributed by atoms with Gasteiger partial charge in [0, 0.05) is 39.3 Å². The molecule has 1 aliphatic heterocycles. The highest BCUT2D eigenvalue weighted by atomic mass is 32.2. The molecule has 1 fully saturated rings. The maximum atomic E-state index is 11.5. The van der Waals surface area contributed by atoms with E-state index in [1.807, 2.05) is 7.05 Å². The first-order valence-electron chi connectivity index (χ1n) is 6.89. The molecule has 1 N–H and O–H groups in total. The first-order valence-corrected chi connectivity index (χ1v) is 8.74. The number of sulfonamides is 1. The molecule has 0 aliphatic carbocycles. The molecule has 1 saturated heterocycles. The van der Waals surface area contributed by atoms with Crippen LogP contribution >= 0.6 is 0 Å². The third-order valence-corrected chi connectivity index (χ3v) is 4.91. The molecule has 6 heteroatoms. The zero-order valence-electron chi connectivity index (χ0n) is 12.2. The topological polar surface area (TPSA) is 52.6 Å². The van der Waals surface area contributed by atoms with Gasteiger partial charge in [0.25, 0.3) is 0 Å². The van der Waals surface area contributed by atoms with Gasteiger partial charge in [0.2, 0.25) is 10.0 Å². The van der Waals surface area contributed by atoms with E-state index >= 15 is 0 Å². The van der Waals surface area contributed by atoms with Gasteiger partial charge < -0.3 is 5.32 Å². The summed E-state index contributed by atoms with van der Waals surface area (Å²) in [6, 6.07) is 8.57. The lowest BCUT2D eigenvalue weighted by Gasteiger charge is -2.33. The molecule has 0 spiro atoms. The number of benzene rings is 1. The summed E-state index contributed by atoms with van der Waals surface area (Å²) in [5, 5.41) is 3.13. The van der Waals surface area contributed by atoms with Gasteiger partial charge in [-0.15, -0.1) is 0 Å². The number of nitrogens with one attached hydrogen (secondary N) is 1. The molecule has 0 atom stereocenters. The standard InChI is InChI=1S/C14H23N3O2S/c1-15-11-13-3-5-14(6-4-13)12-16-7-9-17(10-8-16)20(2,18)19/h3-6,15H,7-12H2,1-2H3. The first-order chi connectivity index (χ1) is 9.49. The minimum absolute atomic E-state index is 0.594. The summed E-state index contributed by atoms with van der Waals surface area (Å²) in [4.78, 5) is 2.30. The molecule has 0 bridgehead atoms. The molecule has 5 nitrogen and oxygen atoms in total. The third kappa shape index (κ3) is 4.28. The molecule has 2 rings (SSSR count). The van der Waals surface area contributed by atoms with Gasteiger partial charge in [-0.2, -0.15) is 4.31 Å². The lowest BCUT2D eigenvalue weighted by Crippen LogP contribution is -2.47. The van der Waals surface area contributed by atoms with Gasteiger partial charge in [0.15, 0.2) is 0 Å². The Labute approximate surface area is 121 Å². The highest BCUT2D eigenvalue weighted by Crippen LogP contribution is 2.11. The van der Waals surface area contributed by atoms with Crippen LogP contribution in [0.3, 0.4) is 0 Å². The Hall–Kier alpha value is -0.950. The Balaban J connectivity index is 1.86. The Kier molecular flexibility index (Phi) is 5.15. The molecule has 0 radical (unpaired) electrons. The number of nitrogens with zero attached hydrogens (tertiary/aromatic N) is 2. The summed E-state index contributed by atoms with van der Waals surface area (Å²) in [5.74, 6) is 0. The summed E-state index contributed by atoms with van der Waals surface area (Å²) < 4.78 is 24.5. The van der Waals surface area contributed by atoms with E-state index in [-0.39, 0.29) is 0 Å². The van der Waals surface area contributed by atoms with Gasteiger partial charge >= 0.3 is 0 Å². The SMILES string of the molecule is CNCc1ccc(CN2CCN(S(C)(=O)=O)CC2)cc1. The molecule has 1 aromatic rings. The smallest absolute Gasteiger partial charge is 0.211 e. The largest absolute Gasteiger partial charge is 0.316 e. The lowest BCUT2D eigenvalue weighted by atomic mass is 10.1. The van der Waals surface area contributed by atoms with E-state index in [1.165, 1.54) is 17.4 Å². The van der Waals surface area contributed by atoms with Crippen LogP contribution in [0.15, 0.2) is 24.3 Å². The monoisotopic (exact) mass is 297 g/mol. The molecule has 0 amide bonds. The predicted octanol–water partition coefficient (Wildman–Crippen LogP) is 0.483. The number of rotatable bonds is 5. The van der Waals surface area contributed by atoms with Crippen molar-refractivity contribution >= 4 is 10.0 Å². The van der Waals surface area contributed by atoms with Crippen LogP contribution < -0.4 is 5.32 Å². The second-order valence-electron chi connectivity index (χ2n) is 5.29. The summed E-state index contributed by atoms with van der Waals surface area (Å²) in [7, 11) is -1.09. The molecule has 112 valence electrons. The van der Waals surface area contributed by atoms with Crippen molar-refractivity contribution in [1.82, 2.24) is 14.5 Å². The van der Waals surface area contributed by atoms with Crippen molar-refractivity contribution in [1.29, 1.82) is 0 Å². The van der Waals surface area contributed by atoms with Crippen molar-refractivity contribution in [2.75, 3.05) is 39.5 Å². The van der Waals surface area contributed by atoms with Crippen molar-refractivity contribution in [3.05, 3.63) is 35.4 Å². The van der Waals surface area contributed by atoms with Crippen molar-refractivity contribution in [2.45, 2.75) is 13.1 Å². The Morgan fingerprint density at radius 2 is 1.60 bits per heavy atom. The van der Waals surface area contributed by atoms with Crippen LogP contribution in [-0.4, -0.2) is 57.1 Å². The fraction of sp³-hybridized carbons (Fsp3) is 0.571. The van der Waals surface area contributed by atoms with E-state index in [1.54, 1.807) is 4.31 Å². The number of hydrogen-bond donors (Lipinski definition) is 1. The van der Waals surface area contributed by atoms with Crippen LogP contribution in [0, 0.1) is 0 Å². The average Bonchev–Trinajstić information content (AvgIpc) is 2.41. The Morgan fingerprint density at radius 3 is 2.10 bits per heavy atom. The molecule has 1 aliphatic rings. The number of hydrogen-bond acceptors (Lipinski definition) is 4. The van der Waals surface area contributed by atoms with Crippen LogP contribution in [0.1, 0.15) is 11.1 Å². The predicted molar refractivity (Wildman–Crippen MR) is 80.9 cm³/mol. The van der Waals surface area contributed by atoms with E-state index in [9.17, 15) is 8.42 Å². The molecular weight excluding hydrogens is 274 g/mol. The highest BCUT2D eigenvalue weighted by Gasteiger charge is 2.23. The van der Waals surface area contributed by atoms with Gasteiger partial charge in [0.1, 0.15) is 0 Å². The third-order valence-electron chi connectivity index (χ3n) is 3.61. The normalized spacial score (nSPS) is 18.3. The van der Waals surface area contributed by atoms with Crippen molar-refractivity contribution < 1.29 is 8.42 Å². The maximum Gasteiger partial charge on any atom is 0.211 e.